The molecule has 5 heteroatoms. The highest BCUT2D eigenvalue weighted by molar-refractivity contribution is 9.11. The quantitative estimate of drug-likeness (QED) is 0.757. The minimum Gasteiger partial charge on any atom is -0.398 e. The van der Waals surface area contributed by atoms with E-state index in [0.717, 1.165) is 14.5 Å². The summed E-state index contributed by atoms with van der Waals surface area (Å²) in [6, 6.07) is 10.9. The van der Waals surface area contributed by atoms with Gasteiger partial charge in [-0.15, -0.1) is 0 Å². The third-order valence-electron chi connectivity index (χ3n) is 2.63. The van der Waals surface area contributed by atoms with Gasteiger partial charge in [-0.05, 0) is 53.2 Å². The van der Waals surface area contributed by atoms with E-state index in [1.54, 1.807) is 12.1 Å². The molecule has 2 aromatic carbocycles. The van der Waals surface area contributed by atoms with Crippen LogP contribution in [0, 0.1) is 6.92 Å². The number of rotatable bonds is 2. The van der Waals surface area contributed by atoms with Gasteiger partial charge >= 0.3 is 0 Å². The first kappa shape index (κ1) is 14.1. The highest BCUT2D eigenvalue weighted by Crippen LogP contribution is 2.27. The summed E-state index contributed by atoms with van der Waals surface area (Å²) in [5.74, 6) is -0.218. The van der Waals surface area contributed by atoms with Crippen LogP contribution in [0.15, 0.2) is 45.3 Å². The van der Waals surface area contributed by atoms with Crippen LogP contribution < -0.4 is 11.1 Å². The SMILES string of the molecule is Cc1ccc(N)c(C(=O)Nc2ccc(Br)cc2Br)c1. The molecule has 0 unspecified atom stereocenters. The molecule has 3 N–H and O–H groups in total. The zero-order valence-electron chi connectivity index (χ0n) is 10.2. The maximum absolute atomic E-state index is 12.2. The summed E-state index contributed by atoms with van der Waals surface area (Å²) < 4.78 is 1.74. The smallest absolute Gasteiger partial charge is 0.257 e. The molecular weight excluding hydrogens is 372 g/mol. The van der Waals surface area contributed by atoms with E-state index < -0.39 is 0 Å². The van der Waals surface area contributed by atoms with Gasteiger partial charge in [0.2, 0.25) is 0 Å². The summed E-state index contributed by atoms with van der Waals surface area (Å²) in [5.41, 5.74) is 8.47. The molecule has 1 amide bonds. The van der Waals surface area contributed by atoms with Crippen molar-refractivity contribution in [3.05, 3.63) is 56.5 Å². The van der Waals surface area contributed by atoms with Gasteiger partial charge in [-0.1, -0.05) is 27.6 Å². The summed E-state index contributed by atoms with van der Waals surface area (Å²) in [7, 11) is 0. The van der Waals surface area contributed by atoms with Crippen LogP contribution >= 0.6 is 31.9 Å². The molecule has 0 aliphatic rings. The molecule has 2 rings (SSSR count). The van der Waals surface area contributed by atoms with Crippen molar-refractivity contribution in [3.8, 4) is 0 Å². The monoisotopic (exact) mass is 382 g/mol. The number of nitrogen functional groups attached to an aromatic ring is 1. The van der Waals surface area contributed by atoms with E-state index in [2.05, 4.69) is 37.2 Å². The molecule has 0 aromatic heterocycles. The summed E-state index contributed by atoms with van der Waals surface area (Å²) in [5, 5.41) is 2.84. The Labute approximate surface area is 128 Å². The molecule has 0 radical (unpaired) electrons. The average molecular weight is 384 g/mol. The Kier molecular flexibility index (Phi) is 4.27. The van der Waals surface area contributed by atoms with E-state index in [9.17, 15) is 4.79 Å². The highest BCUT2D eigenvalue weighted by Gasteiger charge is 2.11. The molecule has 0 aliphatic heterocycles. The van der Waals surface area contributed by atoms with Crippen LogP contribution in [-0.2, 0) is 0 Å². The summed E-state index contributed by atoms with van der Waals surface area (Å²) in [6.45, 7) is 1.92. The Morgan fingerprint density at radius 3 is 2.58 bits per heavy atom. The largest absolute Gasteiger partial charge is 0.398 e. The number of anilines is 2. The highest BCUT2D eigenvalue weighted by atomic mass is 79.9. The summed E-state index contributed by atoms with van der Waals surface area (Å²) in [4.78, 5) is 12.2. The molecule has 0 saturated carbocycles. The lowest BCUT2D eigenvalue weighted by molar-refractivity contribution is 0.102. The van der Waals surface area contributed by atoms with Gasteiger partial charge in [0.25, 0.3) is 5.91 Å². The van der Waals surface area contributed by atoms with E-state index >= 15 is 0 Å². The van der Waals surface area contributed by atoms with E-state index in [4.69, 9.17) is 5.73 Å². The minimum absolute atomic E-state index is 0.218. The van der Waals surface area contributed by atoms with Crippen molar-refractivity contribution in [1.29, 1.82) is 0 Å². The van der Waals surface area contributed by atoms with Crippen molar-refractivity contribution in [2.24, 2.45) is 0 Å². The van der Waals surface area contributed by atoms with E-state index in [0.29, 0.717) is 16.9 Å². The number of aryl methyl sites for hydroxylation is 1. The molecule has 0 aliphatic carbocycles. The van der Waals surface area contributed by atoms with Gasteiger partial charge in [0.05, 0.1) is 11.3 Å². The van der Waals surface area contributed by atoms with Crippen LogP contribution in [0.2, 0.25) is 0 Å². The first-order valence-electron chi connectivity index (χ1n) is 5.60. The topological polar surface area (TPSA) is 55.1 Å². The van der Waals surface area contributed by atoms with Crippen molar-refractivity contribution in [3.63, 3.8) is 0 Å². The predicted molar refractivity (Wildman–Crippen MR) is 85.4 cm³/mol. The van der Waals surface area contributed by atoms with Crippen molar-refractivity contribution >= 4 is 49.1 Å². The molecule has 3 nitrogen and oxygen atoms in total. The number of nitrogens with two attached hydrogens (primary N) is 1. The third-order valence-corrected chi connectivity index (χ3v) is 3.78. The van der Waals surface area contributed by atoms with Crippen LogP contribution in [0.1, 0.15) is 15.9 Å². The molecular formula is C14H12Br2N2O. The van der Waals surface area contributed by atoms with Crippen LogP contribution in [-0.4, -0.2) is 5.91 Å². The fourth-order valence-electron chi connectivity index (χ4n) is 1.65. The van der Waals surface area contributed by atoms with Crippen molar-refractivity contribution < 1.29 is 4.79 Å². The Morgan fingerprint density at radius 1 is 1.16 bits per heavy atom. The molecule has 0 saturated heterocycles. The van der Waals surface area contributed by atoms with Gasteiger partial charge in [0, 0.05) is 14.6 Å². The van der Waals surface area contributed by atoms with Gasteiger partial charge in [-0.25, -0.2) is 0 Å². The fraction of sp³-hybridized carbons (Fsp3) is 0.0714. The Bertz CT molecular complexity index is 641. The van der Waals surface area contributed by atoms with E-state index in [1.165, 1.54) is 0 Å². The molecule has 19 heavy (non-hydrogen) atoms. The average Bonchev–Trinajstić information content (AvgIpc) is 2.35. The van der Waals surface area contributed by atoms with Crippen LogP contribution in [0.25, 0.3) is 0 Å². The van der Waals surface area contributed by atoms with Crippen molar-refractivity contribution in [2.75, 3.05) is 11.1 Å². The van der Waals surface area contributed by atoms with Crippen LogP contribution in [0.4, 0.5) is 11.4 Å². The first-order valence-corrected chi connectivity index (χ1v) is 7.18. The Morgan fingerprint density at radius 2 is 1.89 bits per heavy atom. The second-order valence-corrected chi connectivity index (χ2v) is 5.94. The lowest BCUT2D eigenvalue weighted by atomic mass is 10.1. The molecule has 0 heterocycles. The zero-order chi connectivity index (χ0) is 14.0. The maximum atomic E-state index is 12.2. The molecule has 0 atom stereocenters. The Hall–Kier alpha value is -1.33. The third kappa shape index (κ3) is 3.36. The molecule has 2 aromatic rings. The normalized spacial score (nSPS) is 10.3. The summed E-state index contributed by atoms with van der Waals surface area (Å²) in [6.07, 6.45) is 0. The van der Waals surface area contributed by atoms with Gasteiger partial charge in [0.1, 0.15) is 0 Å². The molecule has 98 valence electrons. The second kappa shape index (κ2) is 5.75. The lowest BCUT2D eigenvalue weighted by Crippen LogP contribution is -2.14. The van der Waals surface area contributed by atoms with Crippen LogP contribution in [0.5, 0.6) is 0 Å². The zero-order valence-corrected chi connectivity index (χ0v) is 13.4. The lowest BCUT2D eigenvalue weighted by Gasteiger charge is -2.10. The van der Waals surface area contributed by atoms with E-state index in [-0.39, 0.29) is 5.91 Å². The van der Waals surface area contributed by atoms with Gasteiger partial charge in [-0.2, -0.15) is 0 Å². The minimum atomic E-state index is -0.218. The number of hydrogen-bond acceptors (Lipinski definition) is 2. The Balaban J connectivity index is 2.28. The number of carbonyl (C=O) groups is 1. The van der Waals surface area contributed by atoms with Gasteiger partial charge < -0.3 is 11.1 Å². The number of nitrogens with one attached hydrogen (secondary N) is 1. The van der Waals surface area contributed by atoms with E-state index in [1.807, 2.05) is 31.2 Å². The first-order chi connectivity index (χ1) is 8.97. The number of amides is 1. The number of carbonyl (C=O) groups excluding carboxylic acids is 1. The van der Waals surface area contributed by atoms with Crippen LogP contribution in [0.3, 0.4) is 0 Å². The number of halogens is 2. The molecule has 0 fully saturated rings. The number of hydrogen-bond donors (Lipinski definition) is 2. The number of benzene rings is 2. The molecule has 0 bridgehead atoms. The fourth-order valence-corrected chi connectivity index (χ4v) is 2.79. The predicted octanol–water partition coefficient (Wildman–Crippen LogP) is 4.35. The maximum Gasteiger partial charge on any atom is 0.257 e. The summed E-state index contributed by atoms with van der Waals surface area (Å²) >= 11 is 6.77. The standard InChI is InChI=1S/C14H12Br2N2O/c1-8-2-4-12(17)10(6-8)14(19)18-13-5-3-9(15)7-11(13)16/h2-7H,17H2,1H3,(H,18,19). The molecule has 0 spiro atoms. The van der Waals surface area contributed by atoms with Gasteiger partial charge in [-0.3, -0.25) is 4.79 Å². The van der Waals surface area contributed by atoms with Gasteiger partial charge in [0.15, 0.2) is 0 Å². The van der Waals surface area contributed by atoms with Crippen molar-refractivity contribution in [1.82, 2.24) is 0 Å². The van der Waals surface area contributed by atoms with Crippen molar-refractivity contribution in [2.45, 2.75) is 6.92 Å². The second-order valence-electron chi connectivity index (χ2n) is 4.17.